The van der Waals surface area contributed by atoms with Crippen molar-refractivity contribution >= 4 is 36.4 Å². The number of piperidine rings is 1. The number of benzene rings is 1. The molecule has 1 aliphatic carbocycles. The fraction of sp³-hybridized carbons (Fsp3) is 0.667. The van der Waals surface area contributed by atoms with Crippen molar-refractivity contribution in [1.82, 2.24) is 10.6 Å². The summed E-state index contributed by atoms with van der Waals surface area (Å²) in [5.41, 5.74) is 1.02. The summed E-state index contributed by atoms with van der Waals surface area (Å²) >= 11 is 0. The maximum atomic E-state index is 13.2. The molecule has 3 aliphatic rings. The third kappa shape index (κ3) is 4.52. The molecular formula is C21H33Cl2N3O2. The maximum Gasteiger partial charge on any atom is 0.228 e. The predicted octanol–water partition coefficient (Wildman–Crippen LogP) is 3.40. The van der Waals surface area contributed by atoms with Crippen LogP contribution in [0, 0.1) is 11.3 Å². The van der Waals surface area contributed by atoms with E-state index in [9.17, 15) is 4.79 Å². The Morgan fingerprint density at radius 1 is 1.25 bits per heavy atom. The van der Waals surface area contributed by atoms with Crippen LogP contribution in [0.2, 0.25) is 0 Å². The molecule has 0 bridgehead atoms. The molecule has 0 radical (unpaired) electrons. The minimum absolute atomic E-state index is 0. The first kappa shape index (κ1) is 23.1. The Morgan fingerprint density at radius 3 is 2.93 bits per heavy atom. The Kier molecular flexibility index (Phi) is 8.29. The van der Waals surface area contributed by atoms with E-state index >= 15 is 0 Å². The van der Waals surface area contributed by atoms with E-state index in [1.165, 1.54) is 24.9 Å². The van der Waals surface area contributed by atoms with Crippen LogP contribution >= 0.6 is 24.8 Å². The monoisotopic (exact) mass is 429 g/mol. The number of fused-ring (bicyclic) bond motifs is 1. The number of amides is 1. The summed E-state index contributed by atoms with van der Waals surface area (Å²) in [6, 6.07) is 8.46. The van der Waals surface area contributed by atoms with E-state index in [4.69, 9.17) is 4.74 Å². The number of carbonyl (C=O) groups excluding carboxylic acids is 1. The lowest BCUT2D eigenvalue weighted by atomic mass is 9.67. The van der Waals surface area contributed by atoms with Gasteiger partial charge in [-0.25, -0.2) is 0 Å². The van der Waals surface area contributed by atoms with Gasteiger partial charge in [-0.05, 0) is 50.3 Å². The van der Waals surface area contributed by atoms with E-state index in [1.54, 1.807) is 7.11 Å². The number of nitrogens with zero attached hydrogens (tertiary/aromatic N) is 1. The first-order valence-electron chi connectivity index (χ1n) is 10.1. The summed E-state index contributed by atoms with van der Waals surface area (Å²) in [6.45, 7) is 3.78. The molecule has 7 heteroatoms. The second-order valence-electron chi connectivity index (χ2n) is 8.19. The average Bonchev–Trinajstić information content (AvgIpc) is 3.14. The Labute approximate surface area is 180 Å². The van der Waals surface area contributed by atoms with Crippen molar-refractivity contribution in [3.05, 3.63) is 24.3 Å². The van der Waals surface area contributed by atoms with Gasteiger partial charge in [-0.1, -0.05) is 18.9 Å². The van der Waals surface area contributed by atoms with Crippen molar-refractivity contribution < 1.29 is 9.53 Å². The van der Waals surface area contributed by atoms with Gasteiger partial charge >= 0.3 is 0 Å². The van der Waals surface area contributed by atoms with Crippen molar-refractivity contribution in [3.8, 4) is 5.75 Å². The second kappa shape index (κ2) is 10.0. The van der Waals surface area contributed by atoms with Gasteiger partial charge in [-0.3, -0.25) is 4.79 Å². The minimum atomic E-state index is -0.156. The zero-order chi connectivity index (χ0) is 18.0. The summed E-state index contributed by atoms with van der Waals surface area (Å²) in [5.74, 6) is 1.70. The highest BCUT2D eigenvalue weighted by molar-refractivity contribution is 5.85. The van der Waals surface area contributed by atoms with Gasteiger partial charge in [0, 0.05) is 37.4 Å². The number of methoxy groups -OCH3 is 1. The molecule has 1 amide bonds. The fourth-order valence-electron chi connectivity index (χ4n) is 5.16. The van der Waals surface area contributed by atoms with E-state index in [0.717, 1.165) is 51.2 Å². The molecule has 158 valence electrons. The van der Waals surface area contributed by atoms with Gasteiger partial charge in [-0.2, -0.15) is 0 Å². The van der Waals surface area contributed by atoms with Crippen molar-refractivity contribution in [2.75, 3.05) is 38.2 Å². The van der Waals surface area contributed by atoms with E-state index < -0.39 is 0 Å². The zero-order valence-corrected chi connectivity index (χ0v) is 18.2. The lowest BCUT2D eigenvalue weighted by Crippen LogP contribution is -2.54. The fourth-order valence-corrected chi connectivity index (χ4v) is 5.16. The van der Waals surface area contributed by atoms with Crippen LogP contribution < -0.4 is 20.3 Å². The van der Waals surface area contributed by atoms with Crippen LogP contribution in [0.1, 0.15) is 38.5 Å². The number of nitrogens with one attached hydrogen (secondary N) is 2. The van der Waals surface area contributed by atoms with E-state index in [1.807, 2.05) is 12.1 Å². The van der Waals surface area contributed by atoms with Gasteiger partial charge in [0.15, 0.2) is 0 Å². The van der Waals surface area contributed by atoms with Crippen LogP contribution in [0.15, 0.2) is 24.3 Å². The Morgan fingerprint density at radius 2 is 2.11 bits per heavy atom. The van der Waals surface area contributed by atoms with Crippen LogP contribution in [0.4, 0.5) is 5.69 Å². The molecular weight excluding hydrogens is 397 g/mol. The minimum Gasteiger partial charge on any atom is -0.497 e. The van der Waals surface area contributed by atoms with Gasteiger partial charge in [0.05, 0.1) is 12.5 Å². The Bertz CT molecular complexity index is 660. The molecule has 4 rings (SSSR count). The average molecular weight is 430 g/mol. The molecule has 0 spiro atoms. The number of halogens is 2. The van der Waals surface area contributed by atoms with Crippen LogP contribution in [0.25, 0.3) is 0 Å². The molecule has 1 aromatic rings. The van der Waals surface area contributed by atoms with Gasteiger partial charge < -0.3 is 20.3 Å². The zero-order valence-electron chi connectivity index (χ0n) is 16.6. The molecule has 0 aromatic heterocycles. The normalized spacial score (nSPS) is 29.1. The molecule has 5 nitrogen and oxygen atoms in total. The van der Waals surface area contributed by atoms with Gasteiger partial charge in [-0.15, -0.1) is 24.8 Å². The summed E-state index contributed by atoms with van der Waals surface area (Å²) in [4.78, 5) is 15.6. The SMILES string of the molecule is COc1cccc(N2CCCC(NC(=O)[C@@]34CCCC[C@H]3CNC4)C2)c1.Cl.Cl. The van der Waals surface area contributed by atoms with Crippen LogP contribution in [0.5, 0.6) is 5.75 Å². The van der Waals surface area contributed by atoms with E-state index in [0.29, 0.717) is 11.8 Å². The molecule has 1 aromatic carbocycles. The van der Waals surface area contributed by atoms with E-state index in [-0.39, 0.29) is 36.3 Å². The molecule has 2 heterocycles. The number of rotatable bonds is 4. The summed E-state index contributed by atoms with van der Waals surface area (Å²) in [6.07, 6.45) is 6.88. The molecule has 2 N–H and O–H groups in total. The predicted molar refractivity (Wildman–Crippen MR) is 118 cm³/mol. The summed E-state index contributed by atoms with van der Waals surface area (Å²) in [7, 11) is 1.70. The van der Waals surface area contributed by atoms with Gasteiger partial charge in [0.1, 0.15) is 5.75 Å². The molecule has 3 atom stereocenters. The number of hydrogen-bond acceptors (Lipinski definition) is 4. The Balaban J connectivity index is 0.00000140. The highest BCUT2D eigenvalue weighted by Gasteiger charge is 2.50. The van der Waals surface area contributed by atoms with E-state index in [2.05, 4.69) is 27.7 Å². The molecule has 28 heavy (non-hydrogen) atoms. The van der Waals surface area contributed by atoms with Crippen molar-refractivity contribution in [2.45, 2.75) is 44.6 Å². The number of anilines is 1. The second-order valence-corrected chi connectivity index (χ2v) is 8.19. The third-order valence-electron chi connectivity index (χ3n) is 6.67. The van der Waals surface area contributed by atoms with Crippen LogP contribution in [-0.4, -0.2) is 45.2 Å². The molecule has 1 saturated carbocycles. The largest absolute Gasteiger partial charge is 0.497 e. The molecule has 3 fully saturated rings. The summed E-state index contributed by atoms with van der Waals surface area (Å²) in [5, 5.41) is 6.91. The molecule has 2 saturated heterocycles. The smallest absolute Gasteiger partial charge is 0.228 e. The maximum absolute atomic E-state index is 13.2. The third-order valence-corrected chi connectivity index (χ3v) is 6.67. The first-order valence-corrected chi connectivity index (χ1v) is 10.1. The number of hydrogen-bond donors (Lipinski definition) is 2. The Hall–Kier alpha value is -1.17. The molecule has 1 unspecified atom stereocenters. The highest BCUT2D eigenvalue weighted by Crippen LogP contribution is 2.44. The highest BCUT2D eigenvalue weighted by atomic mass is 35.5. The van der Waals surface area contributed by atoms with Crippen molar-refractivity contribution in [3.63, 3.8) is 0 Å². The van der Waals surface area contributed by atoms with Gasteiger partial charge in [0.2, 0.25) is 5.91 Å². The van der Waals surface area contributed by atoms with Crippen LogP contribution in [-0.2, 0) is 4.79 Å². The molecule has 2 aliphatic heterocycles. The quantitative estimate of drug-likeness (QED) is 0.769. The topological polar surface area (TPSA) is 53.6 Å². The number of carbonyl (C=O) groups is 1. The van der Waals surface area contributed by atoms with Gasteiger partial charge in [0.25, 0.3) is 0 Å². The standard InChI is InChI=1S/C21H31N3O2.2ClH/c1-26-19-9-4-8-18(12-19)24-11-5-7-17(14-24)23-20(25)21-10-3-2-6-16(21)13-22-15-21;;/h4,8-9,12,16-17,22H,2-3,5-7,10-11,13-15H2,1H3,(H,23,25);2*1H/t16-,17?,21+;;/m0../s1. The number of ether oxygens (including phenoxy) is 1. The van der Waals surface area contributed by atoms with Crippen molar-refractivity contribution in [1.29, 1.82) is 0 Å². The first-order chi connectivity index (χ1) is 12.7. The summed E-state index contributed by atoms with van der Waals surface area (Å²) < 4.78 is 5.36. The lowest BCUT2D eigenvalue weighted by molar-refractivity contribution is -0.134. The van der Waals surface area contributed by atoms with Crippen molar-refractivity contribution in [2.24, 2.45) is 11.3 Å². The van der Waals surface area contributed by atoms with Crippen LogP contribution in [0.3, 0.4) is 0 Å². The lowest BCUT2D eigenvalue weighted by Gasteiger charge is -2.40.